The van der Waals surface area contributed by atoms with Crippen LogP contribution in [0.2, 0.25) is 24.7 Å². The third-order valence-electron chi connectivity index (χ3n) is 5.44. The van der Waals surface area contributed by atoms with Crippen molar-refractivity contribution in [1.82, 2.24) is 4.65 Å². The van der Waals surface area contributed by atoms with Gasteiger partial charge in [-0.1, -0.05) is 118 Å². The maximum atomic E-state index is 4.34. The van der Waals surface area contributed by atoms with Crippen LogP contribution in [0.15, 0.2) is 85.0 Å². The first kappa shape index (κ1) is 19.1. The molecule has 2 aromatic carbocycles. The normalized spacial score (nSPS) is 16.4. The molecule has 0 fully saturated rings. The molecule has 0 atom stereocenters. The average molecular weight is 378 g/mol. The molecule has 3 rings (SSSR count). The molecule has 0 bridgehead atoms. The van der Waals surface area contributed by atoms with Crippen LogP contribution in [0.1, 0.15) is 13.8 Å². The summed E-state index contributed by atoms with van der Waals surface area (Å²) < 4.78 is 4.34. The summed E-state index contributed by atoms with van der Waals surface area (Å²) in [6.07, 6.45) is 9.44. The zero-order valence-corrected chi connectivity index (χ0v) is 18.7. The van der Waals surface area contributed by atoms with E-state index >= 15 is 0 Å². The highest BCUT2D eigenvalue weighted by Gasteiger charge is 2.56. The molecule has 1 N–H and O–H groups in total. The Balaban J connectivity index is 2.40. The average Bonchev–Trinajstić information content (AvgIpc) is 3.12. The fraction of sp³-hybridized carbons (Fsp3) is 0.304. The lowest BCUT2D eigenvalue weighted by atomic mass is 9.96. The molecule has 0 radical (unpaired) electrons. The lowest BCUT2D eigenvalue weighted by molar-refractivity contribution is 0.554. The van der Waals surface area contributed by atoms with Crippen LogP contribution in [0.25, 0.3) is 0 Å². The molecule has 26 heavy (non-hydrogen) atoms. The smallest absolute Gasteiger partial charge is 0.197 e. The second-order valence-electron chi connectivity index (χ2n) is 8.66. The molecule has 0 amide bonds. The van der Waals surface area contributed by atoms with Crippen LogP contribution in [0.5, 0.6) is 0 Å². The minimum atomic E-state index is -2.33. The van der Waals surface area contributed by atoms with E-state index in [1.54, 1.807) is 0 Å². The van der Waals surface area contributed by atoms with Gasteiger partial charge in [-0.15, -0.1) is 0 Å². The van der Waals surface area contributed by atoms with Crippen LogP contribution in [-0.2, 0) is 0 Å². The number of allylic oxidation sites excluding steroid dienone is 4. The van der Waals surface area contributed by atoms with Crippen molar-refractivity contribution in [3.63, 3.8) is 0 Å². The number of hydrogen-bond acceptors (Lipinski definition) is 1. The molecule has 0 aliphatic heterocycles. The van der Waals surface area contributed by atoms with E-state index in [1.165, 1.54) is 10.4 Å². The Labute approximate surface area is 161 Å². The third-order valence-corrected chi connectivity index (χ3v) is 14.5. The highest BCUT2D eigenvalue weighted by atomic mass is 28.4. The van der Waals surface area contributed by atoms with Crippen LogP contribution >= 0.6 is 0 Å². The third kappa shape index (κ3) is 3.20. The van der Waals surface area contributed by atoms with Crippen molar-refractivity contribution in [3.05, 3.63) is 85.0 Å². The standard InChI is InChI=1S/C23H31NSi2/c1-20(2)23(18-12-13-19-23)26(24-25(3,4)5,21-14-8-6-9-15-21)22-16-10-7-11-17-22/h6-20,24H,1-5H3. The van der Waals surface area contributed by atoms with E-state index in [9.17, 15) is 0 Å². The van der Waals surface area contributed by atoms with Crippen molar-refractivity contribution >= 4 is 26.8 Å². The van der Waals surface area contributed by atoms with Gasteiger partial charge in [-0.05, 0) is 16.3 Å². The summed E-state index contributed by atoms with van der Waals surface area (Å²) in [6.45, 7) is 12.0. The van der Waals surface area contributed by atoms with Crippen LogP contribution in [0.4, 0.5) is 0 Å². The van der Waals surface area contributed by atoms with Crippen molar-refractivity contribution < 1.29 is 0 Å². The van der Waals surface area contributed by atoms with Crippen LogP contribution in [-0.4, -0.2) is 16.5 Å². The van der Waals surface area contributed by atoms with Crippen LogP contribution in [0.3, 0.4) is 0 Å². The molecule has 1 nitrogen and oxygen atoms in total. The van der Waals surface area contributed by atoms with Gasteiger partial charge < -0.3 is 4.65 Å². The minimum absolute atomic E-state index is 0.0238. The SMILES string of the molecule is CC(C)C1([Si](N[Si](C)(C)C)(c2ccccc2)c2ccccc2)C=CC=C1. The minimum Gasteiger partial charge on any atom is -0.352 e. The first-order valence-electron chi connectivity index (χ1n) is 9.59. The van der Waals surface area contributed by atoms with Crippen molar-refractivity contribution in [1.29, 1.82) is 0 Å². The van der Waals surface area contributed by atoms with E-state index in [0.29, 0.717) is 5.92 Å². The molecule has 1 aliphatic rings. The second-order valence-corrected chi connectivity index (χ2v) is 17.7. The van der Waals surface area contributed by atoms with Gasteiger partial charge in [-0.25, -0.2) is 0 Å². The summed E-state index contributed by atoms with van der Waals surface area (Å²) >= 11 is 0. The molecule has 2 aromatic rings. The van der Waals surface area contributed by atoms with Crippen LogP contribution in [0, 0.1) is 5.92 Å². The van der Waals surface area contributed by atoms with E-state index in [0.717, 1.165) is 0 Å². The van der Waals surface area contributed by atoms with E-state index in [4.69, 9.17) is 0 Å². The van der Waals surface area contributed by atoms with Crippen molar-refractivity contribution in [3.8, 4) is 0 Å². The molecule has 0 aromatic heterocycles. The Hall–Kier alpha value is -1.69. The molecule has 136 valence electrons. The summed E-state index contributed by atoms with van der Waals surface area (Å²) in [6, 6.07) is 22.4. The monoisotopic (exact) mass is 377 g/mol. The van der Waals surface area contributed by atoms with Gasteiger partial charge >= 0.3 is 0 Å². The second kappa shape index (κ2) is 7.14. The molecule has 1 aliphatic carbocycles. The van der Waals surface area contributed by atoms with Gasteiger partial charge in [0.15, 0.2) is 8.24 Å². The zero-order valence-electron chi connectivity index (χ0n) is 16.7. The maximum absolute atomic E-state index is 4.34. The molecule has 0 saturated heterocycles. The molecule has 0 unspecified atom stereocenters. The summed E-state index contributed by atoms with van der Waals surface area (Å²) in [7, 11) is -3.90. The van der Waals surface area contributed by atoms with E-state index in [2.05, 4.69) is 123 Å². The van der Waals surface area contributed by atoms with Crippen molar-refractivity contribution in [2.24, 2.45) is 5.92 Å². The first-order valence-corrected chi connectivity index (χ1v) is 15.1. The number of nitrogens with one attached hydrogen (secondary N) is 1. The van der Waals surface area contributed by atoms with Gasteiger partial charge in [0.2, 0.25) is 0 Å². The topological polar surface area (TPSA) is 12.0 Å². The molecular weight excluding hydrogens is 346 g/mol. The predicted octanol–water partition coefficient (Wildman–Crippen LogP) is 4.69. The number of hydrogen-bond donors (Lipinski definition) is 1. The van der Waals surface area contributed by atoms with Crippen molar-refractivity contribution in [2.75, 3.05) is 0 Å². The van der Waals surface area contributed by atoms with Gasteiger partial charge in [-0.2, -0.15) is 0 Å². The van der Waals surface area contributed by atoms with E-state index in [-0.39, 0.29) is 5.04 Å². The molecular formula is C23H31NSi2. The number of rotatable bonds is 6. The summed E-state index contributed by atoms with van der Waals surface area (Å²) in [5.41, 5.74) is 0. The van der Waals surface area contributed by atoms with Crippen molar-refractivity contribution in [2.45, 2.75) is 38.5 Å². The summed E-state index contributed by atoms with van der Waals surface area (Å²) in [5, 5.41) is 2.97. The zero-order chi connectivity index (χ0) is 18.8. The Kier molecular flexibility index (Phi) is 5.24. The highest BCUT2D eigenvalue weighted by molar-refractivity contribution is 7.09. The molecule has 0 heterocycles. The lowest BCUT2D eigenvalue weighted by Crippen LogP contribution is -2.79. The largest absolute Gasteiger partial charge is 0.352 e. The summed E-state index contributed by atoms with van der Waals surface area (Å²) in [5.74, 6) is 0.508. The molecule has 0 spiro atoms. The maximum Gasteiger partial charge on any atom is 0.197 e. The van der Waals surface area contributed by atoms with Gasteiger partial charge in [0.1, 0.15) is 8.24 Å². The molecule has 0 saturated carbocycles. The fourth-order valence-corrected chi connectivity index (χ4v) is 15.2. The molecule has 3 heteroatoms. The number of benzene rings is 2. The van der Waals surface area contributed by atoms with E-state index in [1.807, 2.05) is 0 Å². The lowest BCUT2D eigenvalue weighted by Gasteiger charge is -2.51. The quantitative estimate of drug-likeness (QED) is 0.720. The predicted molar refractivity (Wildman–Crippen MR) is 120 cm³/mol. The fourth-order valence-electron chi connectivity index (χ4n) is 4.41. The van der Waals surface area contributed by atoms with Gasteiger partial charge in [0.25, 0.3) is 0 Å². The van der Waals surface area contributed by atoms with E-state index < -0.39 is 16.5 Å². The Morgan fingerprint density at radius 2 is 1.15 bits per heavy atom. The first-order chi connectivity index (χ1) is 12.3. The van der Waals surface area contributed by atoms with Crippen LogP contribution < -0.4 is 15.0 Å². The summed E-state index contributed by atoms with van der Waals surface area (Å²) in [4.78, 5) is 0. The Morgan fingerprint density at radius 3 is 1.50 bits per heavy atom. The van der Waals surface area contributed by atoms with Gasteiger partial charge in [0.05, 0.1) is 0 Å². The van der Waals surface area contributed by atoms with Gasteiger partial charge in [-0.3, -0.25) is 0 Å². The Bertz CT molecular complexity index is 734. The highest BCUT2D eigenvalue weighted by Crippen LogP contribution is 2.49. The van der Waals surface area contributed by atoms with Gasteiger partial charge in [0, 0.05) is 5.04 Å². The Morgan fingerprint density at radius 1 is 0.731 bits per heavy atom.